The Hall–Kier alpha value is -2.97. The number of fused-ring (bicyclic) bond motifs is 1. The van der Waals surface area contributed by atoms with Gasteiger partial charge in [0.15, 0.2) is 0 Å². The molecule has 8 nitrogen and oxygen atoms in total. The van der Waals surface area contributed by atoms with Gasteiger partial charge < -0.3 is 19.3 Å². The van der Waals surface area contributed by atoms with Gasteiger partial charge in [-0.25, -0.2) is 0 Å². The van der Waals surface area contributed by atoms with Crippen molar-refractivity contribution in [1.82, 2.24) is 15.1 Å². The predicted octanol–water partition coefficient (Wildman–Crippen LogP) is -0.161. The largest absolute Gasteiger partial charge is 0.489 e. The van der Waals surface area contributed by atoms with E-state index in [0.29, 0.717) is 24.3 Å². The van der Waals surface area contributed by atoms with Gasteiger partial charge in [0.1, 0.15) is 34.1 Å². The topological polar surface area (TPSA) is 88.2 Å². The van der Waals surface area contributed by atoms with Gasteiger partial charge in [-0.3, -0.25) is 19.7 Å². The third-order valence-electron chi connectivity index (χ3n) is 7.07. The fourth-order valence-corrected chi connectivity index (χ4v) is 4.90. The molecule has 2 aromatic rings. The number of rotatable bonds is 6. The highest BCUT2D eigenvalue weighted by Gasteiger charge is 2.40. The van der Waals surface area contributed by atoms with E-state index in [4.69, 9.17) is 40.9 Å². The molecule has 12 heteroatoms. The average molecular weight is 489 g/mol. The van der Waals surface area contributed by atoms with Gasteiger partial charge in [-0.15, -0.1) is 0 Å². The maximum absolute atomic E-state index is 13.0. The van der Waals surface area contributed by atoms with Crippen LogP contribution in [0.1, 0.15) is 39.9 Å². The van der Waals surface area contributed by atoms with E-state index >= 15 is 0 Å². The number of amides is 3. The summed E-state index contributed by atoms with van der Waals surface area (Å²) in [6.45, 7) is 1.17. The molecular formula is C25H23B4N3O5. The van der Waals surface area contributed by atoms with Crippen LogP contribution in [0.5, 0.6) is 5.75 Å². The summed E-state index contributed by atoms with van der Waals surface area (Å²) in [5.41, 5.74) is 3.14. The minimum atomic E-state index is -1.48. The second-order valence-electron chi connectivity index (χ2n) is 9.64. The number of ether oxygens (including phenoxy) is 2. The Labute approximate surface area is 221 Å². The van der Waals surface area contributed by atoms with Gasteiger partial charge in [-0.2, -0.15) is 0 Å². The summed E-state index contributed by atoms with van der Waals surface area (Å²) in [5, 5.41) is 0.838. The molecule has 3 unspecified atom stereocenters. The molecule has 0 saturated carbocycles. The van der Waals surface area contributed by atoms with Crippen LogP contribution in [0.25, 0.3) is 0 Å². The third-order valence-corrected chi connectivity index (χ3v) is 7.07. The smallest absolute Gasteiger partial charge is 0.255 e. The maximum Gasteiger partial charge on any atom is 0.255 e. The van der Waals surface area contributed by atoms with E-state index in [2.05, 4.69) is 5.32 Å². The van der Waals surface area contributed by atoms with Crippen LogP contribution in [-0.4, -0.2) is 88.8 Å². The second-order valence-corrected chi connectivity index (χ2v) is 9.64. The van der Waals surface area contributed by atoms with Crippen molar-refractivity contribution < 1.29 is 23.9 Å². The van der Waals surface area contributed by atoms with Crippen molar-refractivity contribution in [1.29, 1.82) is 0 Å². The summed E-state index contributed by atoms with van der Waals surface area (Å²) >= 11 is 0. The average Bonchev–Trinajstić information content (AvgIpc) is 3.21. The van der Waals surface area contributed by atoms with Crippen LogP contribution >= 0.6 is 0 Å². The van der Waals surface area contributed by atoms with Crippen LogP contribution in [0.3, 0.4) is 0 Å². The third kappa shape index (κ3) is 5.09. The standard InChI is InChI=1S/C25H23B4N3O5/c26-20-13-37-25(28,29)24(27)32(20)10-14-4-6-15(7-5-14)12-36-19-3-1-2-16-17(19)11-31(23(16)35)18-8-9-21(33)30-22(18)34/h1-7,18,20,24H,8-13H2,(H,30,33,34). The normalized spacial score (nSPS) is 25.6. The zero-order valence-electron chi connectivity index (χ0n) is 20.3. The Kier molecular flexibility index (Phi) is 6.98. The van der Waals surface area contributed by atoms with Crippen LogP contribution < -0.4 is 10.1 Å². The van der Waals surface area contributed by atoms with Crippen LogP contribution in [0, 0.1) is 0 Å². The fraction of sp³-hybridized carbons (Fsp3) is 0.400. The summed E-state index contributed by atoms with van der Waals surface area (Å²) in [4.78, 5) is 40.1. The molecule has 3 heterocycles. The van der Waals surface area contributed by atoms with Gasteiger partial charge in [-0.05, 0) is 47.0 Å². The van der Waals surface area contributed by atoms with Crippen molar-refractivity contribution in [3.05, 3.63) is 64.7 Å². The minimum absolute atomic E-state index is 0.178. The van der Waals surface area contributed by atoms with Crippen molar-refractivity contribution in [2.45, 2.75) is 55.9 Å². The van der Waals surface area contributed by atoms with E-state index in [0.717, 1.165) is 16.7 Å². The molecule has 5 rings (SSSR count). The molecular weight excluding hydrogens is 466 g/mol. The van der Waals surface area contributed by atoms with Crippen LogP contribution in [0.15, 0.2) is 42.5 Å². The lowest BCUT2D eigenvalue weighted by atomic mass is 9.53. The summed E-state index contributed by atoms with van der Waals surface area (Å²) in [6, 6.07) is 12.4. The summed E-state index contributed by atoms with van der Waals surface area (Å²) in [6.07, 6.45) is 0.517. The van der Waals surface area contributed by atoms with Crippen molar-refractivity contribution in [2.75, 3.05) is 6.61 Å². The number of carbonyl (C=O) groups is 3. The zero-order valence-corrected chi connectivity index (χ0v) is 20.3. The Morgan fingerprint density at radius 3 is 2.51 bits per heavy atom. The molecule has 1 N–H and O–H groups in total. The minimum Gasteiger partial charge on any atom is -0.489 e. The van der Waals surface area contributed by atoms with Gasteiger partial charge >= 0.3 is 0 Å². The summed E-state index contributed by atoms with van der Waals surface area (Å²) < 4.78 is 11.4. The van der Waals surface area contributed by atoms with E-state index in [-0.39, 0.29) is 38.0 Å². The summed E-state index contributed by atoms with van der Waals surface area (Å²) in [5.74, 6) is -1.61. The van der Waals surface area contributed by atoms with Crippen molar-refractivity contribution >= 4 is 49.1 Å². The lowest BCUT2D eigenvalue weighted by molar-refractivity contribution is -0.136. The summed E-state index contributed by atoms with van der Waals surface area (Å²) in [7, 11) is 24.1. The first-order valence-electron chi connectivity index (χ1n) is 12.1. The fourth-order valence-electron chi connectivity index (χ4n) is 4.90. The molecule has 8 radical (unpaired) electrons. The number of imide groups is 1. The van der Waals surface area contributed by atoms with Crippen LogP contribution in [0.4, 0.5) is 0 Å². The molecule has 0 spiro atoms. The van der Waals surface area contributed by atoms with Gasteiger partial charge in [-0.1, -0.05) is 30.3 Å². The highest BCUT2D eigenvalue weighted by molar-refractivity contribution is 6.43. The molecule has 2 saturated heterocycles. The van der Waals surface area contributed by atoms with Crippen molar-refractivity contribution in [3.63, 3.8) is 0 Å². The van der Waals surface area contributed by atoms with E-state index in [1.54, 1.807) is 17.0 Å². The monoisotopic (exact) mass is 489 g/mol. The molecule has 0 aliphatic carbocycles. The highest BCUT2D eigenvalue weighted by atomic mass is 16.5. The van der Waals surface area contributed by atoms with E-state index in [1.165, 1.54) is 4.90 Å². The Bertz CT molecular complexity index is 1230. The quantitative estimate of drug-likeness (QED) is 0.449. The predicted molar refractivity (Wildman–Crippen MR) is 138 cm³/mol. The first kappa shape index (κ1) is 25.7. The number of nitrogens with zero attached hydrogens (tertiary/aromatic N) is 2. The van der Waals surface area contributed by atoms with Gasteiger partial charge in [0.05, 0.1) is 28.8 Å². The van der Waals surface area contributed by atoms with Gasteiger partial charge in [0, 0.05) is 24.1 Å². The molecule has 2 fully saturated rings. The number of benzene rings is 2. The van der Waals surface area contributed by atoms with Crippen molar-refractivity contribution in [3.8, 4) is 5.75 Å². The lowest BCUT2D eigenvalue weighted by Crippen LogP contribution is -2.64. The molecule has 2 aromatic carbocycles. The Morgan fingerprint density at radius 2 is 1.78 bits per heavy atom. The molecule has 3 aliphatic heterocycles. The highest BCUT2D eigenvalue weighted by Crippen LogP contribution is 2.34. The number of hydrogen-bond donors (Lipinski definition) is 1. The second kappa shape index (κ2) is 10.1. The number of nitrogens with one attached hydrogen (secondary N) is 1. The maximum atomic E-state index is 13.0. The first-order valence-corrected chi connectivity index (χ1v) is 12.1. The number of piperidine rings is 1. The van der Waals surface area contributed by atoms with Crippen LogP contribution in [0.2, 0.25) is 0 Å². The Morgan fingerprint density at radius 1 is 1.05 bits per heavy atom. The lowest BCUT2D eigenvalue weighted by Gasteiger charge is -2.50. The van der Waals surface area contributed by atoms with E-state index in [9.17, 15) is 14.4 Å². The number of morpholine rings is 1. The van der Waals surface area contributed by atoms with E-state index in [1.807, 2.05) is 30.3 Å². The van der Waals surface area contributed by atoms with Gasteiger partial charge in [0.25, 0.3) is 5.91 Å². The first-order chi connectivity index (χ1) is 17.6. The zero-order chi connectivity index (χ0) is 26.3. The molecule has 3 amide bonds. The molecule has 0 bridgehead atoms. The van der Waals surface area contributed by atoms with Crippen LogP contribution in [-0.2, 0) is 34.0 Å². The molecule has 0 aromatic heterocycles. The molecule has 3 aliphatic rings. The molecule has 37 heavy (non-hydrogen) atoms. The Balaban J connectivity index is 1.23. The van der Waals surface area contributed by atoms with E-state index < -0.39 is 29.2 Å². The SMILES string of the molecule is [B]C1COC([B])([B])C([B])N1Cc1ccc(COc2cccc3c2CN(C2CCC(=O)NC2=O)C3=O)cc1. The molecule has 180 valence electrons. The van der Waals surface area contributed by atoms with Gasteiger partial charge in [0.2, 0.25) is 11.8 Å². The number of hydrogen-bond acceptors (Lipinski definition) is 6. The number of carbonyl (C=O) groups excluding carboxylic acids is 3. The molecule has 3 atom stereocenters. The van der Waals surface area contributed by atoms with Crippen molar-refractivity contribution in [2.24, 2.45) is 0 Å².